The summed E-state index contributed by atoms with van der Waals surface area (Å²) in [6.45, 7) is 11.1. The molecule has 5 heteroatoms. The number of rotatable bonds is 12. The Morgan fingerprint density at radius 1 is 0.947 bits per heavy atom. The van der Waals surface area contributed by atoms with E-state index in [9.17, 15) is 4.57 Å². The van der Waals surface area contributed by atoms with Crippen molar-refractivity contribution >= 4 is 7.60 Å². The molecule has 0 aliphatic heterocycles. The zero-order valence-electron chi connectivity index (χ0n) is 13.2. The smallest absolute Gasteiger partial charge is 0.356 e. The second-order valence-electron chi connectivity index (χ2n) is 5.37. The molecule has 0 atom stereocenters. The van der Waals surface area contributed by atoms with E-state index in [0.29, 0.717) is 13.2 Å². The second-order valence-corrected chi connectivity index (χ2v) is 7.37. The lowest BCUT2D eigenvalue weighted by Gasteiger charge is -2.26. The van der Waals surface area contributed by atoms with Gasteiger partial charge in [-0.05, 0) is 33.1 Å². The van der Waals surface area contributed by atoms with Gasteiger partial charge < -0.3 is 13.8 Å². The van der Waals surface area contributed by atoms with E-state index in [1.165, 1.54) is 0 Å². The Hall–Kier alpha value is 0.110. The van der Waals surface area contributed by atoms with Crippen molar-refractivity contribution in [2.75, 3.05) is 19.6 Å². The van der Waals surface area contributed by atoms with Crippen LogP contribution in [0.15, 0.2) is 0 Å². The summed E-state index contributed by atoms with van der Waals surface area (Å²) in [5, 5.41) is 0. The molecule has 0 bridgehead atoms. The summed E-state index contributed by atoms with van der Waals surface area (Å²) in [6, 6.07) is 0. The summed E-state index contributed by atoms with van der Waals surface area (Å²) in [4.78, 5) is 0. The number of hydrogen-bond donors (Lipinski definition) is 0. The molecule has 0 N–H and O–H groups in total. The average Bonchev–Trinajstić information content (AvgIpc) is 2.38. The van der Waals surface area contributed by atoms with Gasteiger partial charge in [0.1, 0.15) is 6.35 Å². The fourth-order valence-corrected chi connectivity index (χ4v) is 2.71. The zero-order valence-corrected chi connectivity index (χ0v) is 14.1. The average molecular weight is 294 g/mol. The van der Waals surface area contributed by atoms with Crippen LogP contribution >= 0.6 is 7.60 Å². The largest absolute Gasteiger partial charge is 0.363 e. The summed E-state index contributed by atoms with van der Waals surface area (Å²) < 4.78 is 29.2. The SMILES string of the molecule is CCCCOP(=O)(COC(C)(C)CC)OCCCC. The molecule has 0 fully saturated rings. The van der Waals surface area contributed by atoms with Crippen LogP contribution in [0.4, 0.5) is 0 Å². The van der Waals surface area contributed by atoms with Gasteiger partial charge in [0.2, 0.25) is 0 Å². The summed E-state index contributed by atoms with van der Waals surface area (Å²) in [6.07, 6.45) is 4.70. The van der Waals surface area contributed by atoms with Crippen LogP contribution in [-0.2, 0) is 18.3 Å². The van der Waals surface area contributed by atoms with Crippen LogP contribution in [0.2, 0.25) is 0 Å². The van der Waals surface area contributed by atoms with Gasteiger partial charge in [0.15, 0.2) is 0 Å². The molecule has 4 nitrogen and oxygen atoms in total. The van der Waals surface area contributed by atoms with Gasteiger partial charge in [-0.15, -0.1) is 0 Å². The van der Waals surface area contributed by atoms with Crippen molar-refractivity contribution in [3.8, 4) is 0 Å². The van der Waals surface area contributed by atoms with E-state index in [1.807, 2.05) is 20.8 Å². The van der Waals surface area contributed by atoms with Crippen molar-refractivity contribution in [2.24, 2.45) is 0 Å². The molecule has 0 aliphatic carbocycles. The number of ether oxygens (including phenoxy) is 1. The molecule has 0 heterocycles. The van der Waals surface area contributed by atoms with E-state index < -0.39 is 7.60 Å². The Balaban J connectivity index is 4.34. The molecule has 0 spiro atoms. The second kappa shape index (κ2) is 9.93. The molecule has 0 aromatic carbocycles. The molecule has 0 saturated carbocycles. The van der Waals surface area contributed by atoms with Crippen molar-refractivity contribution in [2.45, 2.75) is 72.3 Å². The topological polar surface area (TPSA) is 44.8 Å². The molecule has 0 aliphatic rings. The quantitative estimate of drug-likeness (QED) is 0.376. The molecule has 116 valence electrons. The molecular weight excluding hydrogens is 263 g/mol. The first-order valence-corrected chi connectivity index (χ1v) is 9.14. The van der Waals surface area contributed by atoms with Crippen molar-refractivity contribution in [1.29, 1.82) is 0 Å². The third-order valence-corrected chi connectivity index (χ3v) is 4.63. The van der Waals surface area contributed by atoms with Crippen molar-refractivity contribution in [1.82, 2.24) is 0 Å². The summed E-state index contributed by atoms with van der Waals surface area (Å²) in [5.74, 6) is 0. The normalized spacial score (nSPS) is 12.9. The van der Waals surface area contributed by atoms with E-state index in [0.717, 1.165) is 32.1 Å². The third kappa shape index (κ3) is 9.61. The van der Waals surface area contributed by atoms with E-state index in [2.05, 4.69) is 13.8 Å². The molecule has 0 aromatic rings. The highest BCUT2D eigenvalue weighted by Crippen LogP contribution is 2.49. The van der Waals surface area contributed by atoms with Gasteiger partial charge in [-0.25, -0.2) is 0 Å². The van der Waals surface area contributed by atoms with Crippen molar-refractivity contribution in [3.63, 3.8) is 0 Å². The first-order valence-electron chi connectivity index (χ1n) is 7.41. The number of unbranched alkanes of at least 4 members (excludes halogenated alkanes) is 2. The molecule has 0 radical (unpaired) electrons. The molecule has 0 aromatic heterocycles. The van der Waals surface area contributed by atoms with E-state index in [4.69, 9.17) is 13.8 Å². The molecule has 0 amide bonds. The maximum atomic E-state index is 12.6. The van der Waals surface area contributed by atoms with Gasteiger partial charge in [0.25, 0.3) is 0 Å². The van der Waals surface area contributed by atoms with Crippen LogP contribution in [0.3, 0.4) is 0 Å². The fraction of sp³-hybridized carbons (Fsp3) is 1.00. The predicted octanol–water partition coefficient (Wildman–Crippen LogP) is 4.98. The monoisotopic (exact) mass is 294 g/mol. The van der Waals surface area contributed by atoms with Crippen LogP contribution in [0.1, 0.15) is 66.7 Å². The van der Waals surface area contributed by atoms with E-state index in [-0.39, 0.29) is 11.9 Å². The van der Waals surface area contributed by atoms with Gasteiger partial charge in [0.05, 0.1) is 18.8 Å². The Kier molecular flexibility index (Phi) is 9.98. The van der Waals surface area contributed by atoms with Gasteiger partial charge in [0, 0.05) is 0 Å². The van der Waals surface area contributed by atoms with Gasteiger partial charge in [-0.2, -0.15) is 0 Å². The summed E-state index contributed by atoms with van der Waals surface area (Å²) >= 11 is 0. The minimum Gasteiger partial charge on any atom is -0.363 e. The van der Waals surface area contributed by atoms with Crippen LogP contribution in [-0.4, -0.2) is 25.2 Å². The maximum absolute atomic E-state index is 12.6. The Morgan fingerprint density at radius 2 is 1.42 bits per heavy atom. The lowest BCUT2D eigenvalue weighted by molar-refractivity contribution is -0.00561. The Labute approximate surface area is 118 Å². The fourth-order valence-electron chi connectivity index (χ4n) is 1.16. The Morgan fingerprint density at radius 3 is 1.79 bits per heavy atom. The van der Waals surface area contributed by atoms with Gasteiger partial charge >= 0.3 is 7.60 Å². The highest BCUT2D eigenvalue weighted by atomic mass is 31.2. The lowest BCUT2D eigenvalue weighted by atomic mass is 10.1. The van der Waals surface area contributed by atoms with Gasteiger partial charge in [-0.3, -0.25) is 4.57 Å². The van der Waals surface area contributed by atoms with Gasteiger partial charge in [-0.1, -0.05) is 33.6 Å². The van der Waals surface area contributed by atoms with Crippen molar-refractivity contribution in [3.05, 3.63) is 0 Å². The summed E-state index contributed by atoms with van der Waals surface area (Å²) in [5.41, 5.74) is -0.294. The van der Waals surface area contributed by atoms with Crippen LogP contribution in [0, 0.1) is 0 Å². The third-order valence-electron chi connectivity index (χ3n) is 3.04. The Bertz CT molecular complexity index is 252. The predicted molar refractivity (Wildman–Crippen MR) is 79.6 cm³/mol. The van der Waals surface area contributed by atoms with Crippen molar-refractivity contribution < 1.29 is 18.3 Å². The van der Waals surface area contributed by atoms with Crippen LogP contribution < -0.4 is 0 Å². The molecular formula is C14H31O4P. The molecule has 19 heavy (non-hydrogen) atoms. The summed E-state index contributed by atoms with van der Waals surface area (Å²) in [7, 11) is -3.11. The lowest BCUT2D eigenvalue weighted by Crippen LogP contribution is -2.24. The first-order chi connectivity index (χ1) is 8.89. The standard InChI is InChI=1S/C14H31O4P/c1-6-9-11-17-19(15,18-12-10-7-2)13-16-14(4,5)8-3/h6-13H2,1-5H3. The molecule has 0 saturated heterocycles. The minimum absolute atomic E-state index is 0.0429. The van der Waals surface area contributed by atoms with E-state index in [1.54, 1.807) is 0 Å². The highest BCUT2D eigenvalue weighted by molar-refractivity contribution is 7.53. The number of hydrogen-bond acceptors (Lipinski definition) is 4. The van der Waals surface area contributed by atoms with Crippen LogP contribution in [0.5, 0.6) is 0 Å². The zero-order chi connectivity index (χ0) is 14.8. The molecule has 0 unspecified atom stereocenters. The minimum atomic E-state index is -3.11. The first kappa shape index (κ1) is 19.1. The molecule has 0 rings (SSSR count). The maximum Gasteiger partial charge on any atom is 0.356 e. The van der Waals surface area contributed by atoms with E-state index >= 15 is 0 Å². The van der Waals surface area contributed by atoms with Crippen LogP contribution in [0.25, 0.3) is 0 Å². The highest BCUT2D eigenvalue weighted by Gasteiger charge is 2.28.